The standard InChI is InChI=1S/C27H46NO2/c1-4-5-6-7-8-9-10-17-22-26(27(29)30-25-20-15-12-16-21-25)28(2,3)23-24-18-13-11-14-19-24/h11,13-14,18-19,25-26H,4-10,12,15-17,20-23H2,1-3H3/q+1. The van der Waals surface area contributed by atoms with Crippen LogP contribution in [-0.4, -0.2) is 36.7 Å². The van der Waals surface area contributed by atoms with Gasteiger partial charge in [-0.1, -0.05) is 88.6 Å². The second-order valence-corrected chi connectivity index (χ2v) is 9.90. The van der Waals surface area contributed by atoms with Crippen molar-refractivity contribution >= 4 is 5.97 Å². The lowest BCUT2D eigenvalue weighted by Crippen LogP contribution is -2.53. The first kappa shape index (κ1) is 24.9. The van der Waals surface area contributed by atoms with Gasteiger partial charge in [0.2, 0.25) is 0 Å². The van der Waals surface area contributed by atoms with Crippen LogP contribution in [0.4, 0.5) is 0 Å². The van der Waals surface area contributed by atoms with Crippen LogP contribution < -0.4 is 0 Å². The van der Waals surface area contributed by atoms with E-state index < -0.39 is 0 Å². The molecular formula is C27H46NO2+. The van der Waals surface area contributed by atoms with E-state index in [2.05, 4.69) is 51.4 Å². The summed E-state index contributed by atoms with van der Waals surface area (Å²) < 4.78 is 6.72. The van der Waals surface area contributed by atoms with Crippen LogP contribution in [0.1, 0.15) is 102 Å². The van der Waals surface area contributed by atoms with E-state index in [0.29, 0.717) is 4.48 Å². The number of carbonyl (C=O) groups excluding carboxylic acids is 1. The van der Waals surface area contributed by atoms with Gasteiger partial charge in [-0.25, -0.2) is 4.79 Å². The van der Waals surface area contributed by atoms with Crippen LogP contribution >= 0.6 is 0 Å². The molecule has 0 radical (unpaired) electrons. The Balaban J connectivity index is 1.90. The first-order valence-corrected chi connectivity index (χ1v) is 12.6. The largest absolute Gasteiger partial charge is 0.458 e. The first-order chi connectivity index (χ1) is 14.5. The monoisotopic (exact) mass is 416 g/mol. The summed E-state index contributed by atoms with van der Waals surface area (Å²) in [5, 5.41) is 0. The van der Waals surface area contributed by atoms with E-state index in [1.54, 1.807) is 0 Å². The van der Waals surface area contributed by atoms with Crippen molar-refractivity contribution < 1.29 is 14.0 Å². The minimum absolute atomic E-state index is 0.0331. The Morgan fingerprint density at radius 2 is 1.53 bits per heavy atom. The molecule has 1 aliphatic rings. The first-order valence-electron chi connectivity index (χ1n) is 12.6. The number of benzene rings is 1. The summed E-state index contributed by atoms with van der Waals surface area (Å²) in [7, 11) is 4.40. The van der Waals surface area contributed by atoms with Crippen LogP contribution in [0.5, 0.6) is 0 Å². The van der Waals surface area contributed by atoms with Crippen LogP contribution in [-0.2, 0) is 16.1 Å². The fourth-order valence-corrected chi connectivity index (χ4v) is 4.81. The topological polar surface area (TPSA) is 26.3 Å². The number of likely N-dealkylation sites (N-methyl/N-ethyl adjacent to an activating group) is 1. The third kappa shape index (κ3) is 9.20. The highest BCUT2D eigenvalue weighted by molar-refractivity contribution is 5.74. The van der Waals surface area contributed by atoms with Gasteiger partial charge in [0.25, 0.3) is 0 Å². The van der Waals surface area contributed by atoms with Crippen LogP contribution in [0.25, 0.3) is 0 Å². The molecule has 1 atom stereocenters. The predicted molar refractivity (Wildman–Crippen MR) is 126 cm³/mol. The molecule has 0 spiro atoms. The molecule has 2 rings (SSSR count). The fraction of sp³-hybridized carbons (Fsp3) is 0.741. The molecule has 1 saturated carbocycles. The van der Waals surface area contributed by atoms with Crippen molar-refractivity contribution in [2.24, 2.45) is 0 Å². The maximum Gasteiger partial charge on any atom is 0.365 e. The summed E-state index contributed by atoms with van der Waals surface area (Å²) in [6.07, 6.45) is 17.2. The Bertz CT molecular complexity index is 578. The number of rotatable bonds is 14. The fourth-order valence-electron chi connectivity index (χ4n) is 4.81. The highest BCUT2D eigenvalue weighted by Crippen LogP contribution is 2.25. The van der Waals surface area contributed by atoms with Crippen molar-refractivity contribution in [1.82, 2.24) is 0 Å². The number of hydrogen-bond acceptors (Lipinski definition) is 2. The summed E-state index contributed by atoms with van der Waals surface area (Å²) in [4.78, 5) is 13.2. The van der Waals surface area contributed by atoms with Gasteiger partial charge in [-0.05, 0) is 32.1 Å². The minimum Gasteiger partial charge on any atom is -0.458 e. The third-order valence-electron chi connectivity index (χ3n) is 6.71. The number of hydrogen-bond donors (Lipinski definition) is 0. The lowest BCUT2D eigenvalue weighted by molar-refractivity contribution is -0.920. The number of ether oxygens (including phenoxy) is 1. The van der Waals surface area contributed by atoms with Gasteiger partial charge in [0.05, 0.1) is 14.1 Å². The van der Waals surface area contributed by atoms with Crippen molar-refractivity contribution in [2.75, 3.05) is 14.1 Å². The highest BCUT2D eigenvalue weighted by Gasteiger charge is 2.37. The summed E-state index contributed by atoms with van der Waals surface area (Å²) >= 11 is 0. The van der Waals surface area contributed by atoms with Gasteiger partial charge >= 0.3 is 5.97 Å². The van der Waals surface area contributed by atoms with E-state index in [1.807, 2.05) is 0 Å². The Hall–Kier alpha value is -1.35. The number of unbranched alkanes of at least 4 members (excludes halogenated alkanes) is 7. The van der Waals surface area contributed by atoms with Crippen molar-refractivity contribution in [2.45, 2.75) is 116 Å². The lowest BCUT2D eigenvalue weighted by Gasteiger charge is -2.37. The van der Waals surface area contributed by atoms with Crippen LogP contribution in [0.2, 0.25) is 0 Å². The van der Waals surface area contributed by atoms with Crippen molar-refractivity contribution in [3.63, 3.8) is 0 Å². The molecule has 30 heavy (non-hydrogen) atoms. The molecule has 1 unspecified atom stereocenters. The second kappa shape index (κ2) is 13.9. The van der Waals surface area contributed by atoms with E-state index in [-0.39, 0.29) is 18.1 Å². The summed E-state index contributed by atoms with van der Waals surface area (Å²) in [6.45, 7) is 3.13. The minimum atomic E-state index is -0.0766. The normalized spacial score (nSPS) is 16.4. The van der Waals surface area contributed by atoms with Gasteiger partial charge in [-0.2, -0.15) is 0 Å². The Labute approximate surface area is 185 Å². The third-order valence-corrected chi connectivity index (χ3v) is 6.71. The highest BCUT2D eigenvalue weighted by atomic mass is 16.5. The van der Waals surface area contributed by atoms with E-state index in [9.17, 15) is 4.79 Å². The number of quaternary nitrogens is 1. The Morgan fingerprint density at radius 1 is 0.933 bits per heavy atom. The van der Waals surface area contributed by atoms with E-state index in [1.165, 1.54) is 69.8 Å². The molecule has 0 N–H and O–H groups in total. The zero-order chi connectivity index (χ0) is 21.7. The maximum absolute atomic E-state index is 13.2. The molecule has 3 heteroatoms. The summed E-state index contributed by atoms with van der Waals surface area (Å²) in [6, 6.07) is 10.5. The molecule has 0 heterocycles. The van der Waals surface area contributed by atoms with E-state index in [0.717, 1.165) is 32.2 Å². The van der Waals surface area contributed by atoms with Crippen molar-refractivity contribution in [1.29, 1.82) is 0 Å². The molecule has 0 amide bonds. The summed E-state index contributed by atoms with van der Waals surface area (Å²) in [5.41, 5.74) is 1.29. The van der Waals surface area contributed by atoms with Gasteiger partial charge in [-0.3, -0.25) is 0 Å². The van der Waals surface area contributed by atoms with Gasteiger partial charge < -0.3 is 9.22 Å². The van der Waals surface area contributed by atoms with E-state index in [4.69, 9.17) is 4.74 Å². The van der Waals surface area contributed by atoms with Crippen molar-refractivity contribution in [3.05, 3.63) is 35.9 Å². The molecular weight excluding hydrogens is 370 g/mol. The Kier molecular flexibility index (Phi) is 11.5. The quantitative estimate of drug-likeness (QED) is 0.185. The molecule has 170 valence electrons. The molecule has 0 aromatic heterocycles. The van der Waals surface area contributed by atoms with Crippen molar-refractivity contribution in [3.8, 4) is 0 Å². The average molecular weight is 417 g/mol. The second-order valence-electron chi connectivity index (χ2n) is 9.90. The van der Waals surface area contributed by atoms with Crippen LogP contribution in [0, 0.1) is 0 Å². The molecule has 0 bridgehead atoms. The molecule has 0 aliphatic heterocycles. The smallest absolute Gasteiger partial charge is 0.365 e. The Morgan fingerprint density at radius 3 is 2.17 bits per heavy atom. The molecule has 1 aromatic carbocycles. The van der Waals surface area contributed by atoms with Gasteiger partial charge in [0, 0.05) is 12.0 Å². The van der Waals surface area contributed by atoms with Gasteiger partial charge in [0.15, 0.2) is 6.04 Å². The molecule has 1 fully saturated rings. The SMILES string of the molecule is CCCCCCCCCCC(C(=O)OC1CCCCC1)[N+](C)(C)Cc1ccccc1. The number of carbonyl (C=O) groups is 1. The van der Waals surface area contributed by atoms with Gasteiger partial charge in [-0.15, -0.1) is 0 Å². The van der Waals surface area contributed by atoms with Gasteiger partial charge in [0.1, 0.15) is 12.6 Å². The van der Waals surface area contributed by atoms with E-state index >= 15 is 0 Å². The predicted octanol–water partition coefficient (Wildman–Crippen LogP) is 7.04. The zero-order valence-electron chi connectivity index (χ0n) is 19.9. The van der Waals surface area contributed by atoms with Crippen LogP contribution in [0.15, 0.2) is 30.3 Å². The molecule has 1 aliphatic carbocycles. The number of nitrogens with zero attached hydrogens (tertiary/aromatic N) is 1. The average Bonchev–Trinajstić information content (AvgIpc) is 2.73. The summed E-state index contributed by atoms with van der Waals surface area (Å²) in [5.74, 6) is 0.0331. The molecule has 1 aromatic rings. The number of esters is 1. The zero-order valence-corrected chi connectivity index (χ0v) is 19.9. The molecule has 3 nitrogen and oxygen atoms in total. The van der Waals surface area contributed by atoms with Crippen LogP contribution in [0.3, 0.4) is 0 Å². The molecule has 0 saturated heterocycles. The lowest BCUT2D eigenvalue weighted by atomic mass is 9.97. The maximum atomic E-state index is 13.2.